The van der Waals surface area contributed by atoms with Crippen LogP contribution in [0.3, 0.4) is 0 Å². The van der Waals surface area contributed by atoms with Crippen LogP contribution in [0.4, 0.5) is 5.69 Å². The first-order valence-corrected chi connectivity index (χ1v) is 8.15. The number of hydrogen-bond acceptors (Lipinski definition) is 4. The highest BCUT2D eigenvalue weighted by molar-refractivity contribution is 7.90. The molecule has 0 amide bonds. The number of nitrogens with zero attached hydrogens (tertiary/aromatic N) is 1. The maximum absolute atomic E-state index is 11.1. The topological polar surface area (TPSA) is 74.7 Å². The lowest BCUT2D eigenvalue weighted by atomic mass is 10.1. The molecule has 0 unspecified atom stereocenters. The Bertz CT molecular complexity index is 620. The third-order valence-electron chi connectivity index (χ3n) is 2.90. The lowest BCUT2D eigenvalue weighted by Gasteiger charge is -2.19. The van der Waals surface area contributed by atoms with Gasteiger partial charge in [0.15, 0.2) is 0 Å². The van der Waals surface area contributed by atoms with E-state index in [1.807, 2.05) is 37.1 Å². The van der Waals surface area contributed by atoms with Crippen molar-refractivity contribution in [3.8, 4) is 0 Å². The van der Waals surface area contributed by atoms with Crippen LogP contribution < -0.4 is 4.90 Å². The Balaban J connectivity index is 2.83. The molecule has 0 bridgehead atoms. The second kappa shape index (κ2) is 6.56. The number of aryl methyl sites for hydroxylation is 1. The minimum absolute atomic E-state index is 0.100. The van der Waals surface area contributed by atoms with Crippen molar-refractivity contribution in [1.29, 1.82) is 0 Å². The molecule has 1 aromatic carbocycles. The smallest absolute Gasteiger partial charge is 0.328 e. The Morgan fingerprint density at radius 1 is 1.40 bits per heavy atom. The van der Waals surface area contributed by atoms with Crippen molar-refractivity contribution in [3.63, 3.8) is 0 Å². The molecule has 20 heavy (non-hydrogen) atoms. The van der Waals surface area contributed by atoms with Gasteiger partial charge in [-0.2, -0.15) is 0 Å². The van der Waals surface area contributed by atoms with Crippen LogP contribution in [0.2, 0.25) is 0 Å². The third-order valence-corrected chi connectivity index (χ3v) is 3.82. The number of benzene rings is 1. The monoisotopic (exact) mass is 297 g/mol. The highest BCUT2D eigenvalue weighted by atomic mass is 32.2. The molecular weight excluding hydrogens is 278 g/mol. The fraction of sp³-hybridized carbons (Fsp3) is 0.357. The molecule has 1 rings (SSSR count). The maximum atomic E-state index is 11.1. The number of hydrogen-bond donors (Lipinski definition) is 1. The molecule has 0 spiro atoms. The number of aliphatic carboxylic acids is 1. The Labute approximate surface area is 119 Å². The van der Waals surface area contributed by atoms with Crippen LogP contribution in [0, 0.1) is 6.92 Å². The summed E-state index contributed by atoms with van der Waals surface area (Å²) in [6.45, 7) is 2.30. The van der Waals surface area contributed by atoms with E-state index in [1.165, 1.54) is 12.3 Å². The summed E-state index contributed by atoms with van der Waals surface area (Å²) in [5.74, 6) is -0.887. The van der Waals surface area contributed by atoms with Crippen molar-refractivity contribution in [3.05, 3.63) is 35.4 Å². The van der Waals surface area contributed by atoms with Crippen LogP contribution in [0.1, 0.15) is 11.1 Å². The molecule has 1 aromatic rings. The maximum Gasteiger partial charge on any atom is 0.328 e. The van der Waals surface area contributed by atoms with Crippen LogP contribution in [0.25, 0.3) is 6.08 Å². The van der Waals surface area contributed by atoms with Gasteiger partial charge in [-0.05, 0) is 36.3 Å². The predicted octanol–water partition coefficient (Wildman–Crippen LogP) is 1.57. The lowest BCUT2D eigenvalue weighted by Crippen LogP contribution is -2.24. The number of carboxylic acids is 1. The summed E-state index contributed by atoms with van der Waals surface area (Å²) in [6, 6.07) is 5.57. The van der Waals surface area contributed by atoms with Gasteiger partial charge in [0.05, 0.1) is 5.75 Å². The molecule has 5 nitrogen and oxygen atoms in total. The standard InChI is InChI=1S/C14H19NO4S/c1-11-10-13(15(2)8-9-20(3,18)19)6-4-12(11)5-7-14(16)17/h4-7,10H,8-9H2,1-3H3,(H,16,17). The Morgan fingerprint density at radius 3 is 2.55 bits per heavy atom. The van der Waals surface area contributed by atoms with E-state index in [0.717, 1.165) is 22.9 Å². The van der Waals surface area contributed by atoms with E-state index < -0.39 is 15.8 Å². The fourth-order valence-corrected chi connectivity index (χ4v) is 2.28. The first-order chi connectivity index (χ1) is 9.19. The summed E-state index contributed by atoms with van der Waals surface area (Å²) in [7, 11) is -1.16. The van der Waals surface area contributed by atoms with Gasteiger partial charge in [0.1, 0.15) is 9.84 Å². The van der Waals surface area contributed by atoms with Gasteiger partial charge in [0.2, 0.25) is 0 Å². The number of carbonyl (C=O) groups is 1. The summed E-state index contributed by atoms with van der Waals surface area (Å²) >= 11 is 0. The van der Waals surface area contributed by atoms with Gasteiger partial charge in [-0.15, -0.1) is 0 Å². The van der Waals surface area contributed by atoms with Crippen molar-refractivity contribution in [1.82, 2.24) is 0 Å². The number of anilines is 1. The van der Waals surface area contributed by atoms with E-state index in [1.54, 1.807) is 0 Å². The van der Waals surface area contributed by atoms with Crippen molar-refractivity contribution >= 4 is 27.6 Å². The van der Waals surface area contributed by atoms with E-state index in [4.69, 9.17) is 5.11 Å². The van der Waals surface area contributed by atoms with E-state index in [0.29, 0.717) is 6.54 Å². The van der Waals surface area contributed by atoms with Gasteiger partial charge in [0.25, 0.3) is 0 Å². The van der Waals surface area contributed by atoms with Crippen LogP contribution >= 0.6 is 0 Å². The molecule has 6 heteroatoms. The van der Waals surface area contributed by atoms with Crippen molar-refractivity contribution < 1.29 is 18.3 Å². The Kier molecular flexibility index (Phi) is 5.33. The fourth-order valence-electron chi connectivity index (χ4n) is 1.68. The van der Waals surface area contributed by atoms with Gasteiger partial charge >= 0.3 is 5.97 Å². The molecule has 0 aromatic heterocycles. The van der Waals surface area contributed by atoms with Gasteiger partial charge in [-0.1, -0.05) is 6.07 Å². The average Bonchev–Trinajstić information content (AvgIpc) is 2.33. The van der Waals surface area contributed by atoms with Crippen LogP contribution in [-0.4, -0.2) is 45.1 Å². The molecule has 0 radical (unpaired) electrons. The second-order valence-corrected chi connectivity index (χ2v) is 7.02. The summed E-state index contributed by atoms with van der Waals surface area (Å²) in [5.41, 5.74) is 2.66. The van der Waals surface area contributed by atoms with Gasteiger partial charge in [-0.3, -0.25) is 0 Å². The predicted molar refractivity (Wildman–Crippen MR) is 80.8 cm³/mol. The van der Waals surface area contributed by atoms with Crippen LogP contribution in [0.15, 0.2) is 24.3 Å². The van der Waals surface area contributed by atoms with Gasteiger partial charge in [0, 0.05) is 31.6 Å². The normalized spacial score (nSPS) is 11.8. The number of rotatable bonds is 6. The van der Waals surface area contributed by atoms with Gasteiger partial charge < -0.3 is 10.0 Å². The summed E-state index contributed by atoms with van der Waals surface area (Å²) in [5, 5.41) is 8.60. The molecule has 0 fully saturated rings. The minimum Gasteiger partial charge on any atom is -0.478 e. The van der Waals surface area contributed by atoms with E-state index in [9.17, 15) is 13.2 Å². The average molecular weight is 297 g/mol. The number of carboxylic acid groups (broad SMARTS) is 1. The number of sulfone groups is 1. The van der Waals surface area contributed by atoms with Crippen molar-refractivity contribution in [2.24, 2.45) is 0 Å². The highest BCUT2D eigenvalue weighted by Crippen LogP contribution is 2.19. The summed E-state index contributed by atoms with van der Waals surface area (Å²) < 4.78 is 22.3. The second-order valence-electron chi connectivity index (χ2n) is 4.76. The highest BCUT2D eigenvalue weighted by Gasteiger charge is 2.07. The van der Waals surface area contributed by atoms with E-state index in [2.05, 4.69) is 0 Å². The third kappa shape index (κ3) is 5.44. The zero-order valence-corrected chi connectivity index (χ0v) is 12.6. The summed E-state index contributed by atoms with van der Waals surface area (Å²) in [4.78, 5) is 12.3. The molecule has 0 atom stereocenters. The first kappa shape index (κ1) is 16.2. The zero-order chi connectivity index (χ0) is 15.3. The minimum atomic E-state index is -2.98. The molecular formula is C14H19NO4S. The SMILES string of the molecule is Cc1cc(N(C)CCS(C)(=O)=O)ccc1C=CC(=O)O. The molecule has 1 N–H and O–H groups in total. The quantitative estimate of drug-likeness (QED) is 0.807. The Morgan fingerprint density at radius 2 is 2.05 bits per heavy atom. The van der Waals surface area contributed by atoms with Crippen molar-refractivity contribution in [2.45, 2.75) is 6.92 Å². The molecule has 0 saturated carbocycles. The molecule has 110 valence electrons. The molecule has 0 saturated heterocycles. The molecule has 0 aliphatic rings. The van der Waals surface area contributed by atoms with Gasteiger partial charge in [-0.25, -0.2) is 13.2 Å². The summed E-state index contributed by atoms with van der Waals surface area (Å²) in [6.07, 6.45) is 3.85. The van der Waals surface area contributed by atoms with E-state index in [-0.39, 0.29) is 5.75 Å². The van der Waals surface area contributed by atoms with Crippen molar-refractivity contribution in [2.75, 3.05) is 30.5 Å². The van der Waals surface area contributed by atoms with Crippen LogP contribution in [0.5, 0.6) is 0 Å². The molecule has 0 aliphatic carbocycles. The lowest BCUT2D eigenvalue weighted by molar-refractivity contribution is -0.131. The van der Waals surface area contributed by atoms with E-state index >= 15 is 0 Å². The molecule has 0 heterocycles. The Hall–Kier alpha value is -1.82. The zero-order valence-electron chi connectivity index (χ0n) is 11.8. The molecule has 0 aliphatic heterocycles. The largest absolute Gasteiger partial charge is 0.478 e. The van der Waals surface area contributed by atoms with Crippen LogP contribution in [-0.2, 0) is 14.6 Å². The first-order valence-electron chi connectivity index (χ1n) is 6.09.